The Morgan fingerprint density at radius 2 is 2.00 bits per heavy atom. The molecule has 0 amide bonds. The van der Waals surface area contributed by atoms with Crippen LogP contribution in [-0.2, 0) is 23.8 Å². The summed E-state index contributed by atoms with van der Waals surface area (Å²) in [6.45, 7) is 1.86. The number of benzene rings is 1. The van der Waals surface area contributed by atoms with Gasteiger partial charge in [0.25, 0.3) is 0 Å². The molecule has 142 valence electrons. The number of rotatable bonds is 7. The van der Waals surface area contributed by atoms with Crippen molar-refractivity contribution in [2.75, 3.05) is 26.1 Å². The zero-order chi connectivity index (χ0) is 19.8. The van der Waals surface area contributed by atoms with Crippen molar-refractivity contribution >= 4 is 23.6 Å². The summed E-state index contributed by atoms with van der Waals surface area (Å²) in [5.74, 6) is -2.15. The average Bonchev–Trinajstić information content (AvgIpc) is 3.21. The lowest BCUT2D eigenvalue weighted by atomic mass is 10.1. The molecule has 0 saturated heterocycles. The van der Waals surface area contributed by atoms with Crippen LogP contribution in [-0.4, -0.2) is 48.5 Å². The van der Waals surface area contributed by atoms with E-state index in [2.05, 4.69) is 19.9 Å². The summed E-state index contributed by atoms with van der Waals surface area (Å²) in [5, 5.41) is 6.87. The van der Waals surface area contributed by atoms with E-state index in [0.29, 0.717) is 5.69 Å². The monoisotopic (exact) mass is 373 g/mol. The Bertz CT molecular complexity index is 858. The number of methoxy groups -OCH3 is 2. The molecule has 9 nitrogen and oxygen atoms in total. The minimum atomic E-state index is -0.806. The number of anilines is 1. The lowest BCUT2D eigenvalue weighted by molar-refractivity contribution is -0.138. The Labute approximate surface area is 155 Å². The van der Waals surface area contributed by atoms with Crippen LogP contribution in [0.4, 0.5) is 5.69 Å². The van der Waals surface area contributed by atoms with E-state index in [0.717, 1.165) is 6.08 Å². The molecule has 0 aliphatic carbocycles. The van der Waals surface area contributed by atoms with E-state index < -0.39 is 17.9 Å². The predicted octanol–water partition coefficient (Wildman–Crippen LogP) is 1.69. The van der Waals surface area contributed by atoms with Crippen LogP contribution in [0.15, 0.2) is 48.4 Å². The molecule has 1 aromatic heterocycles. The Morgan fingerprint density at radius 3 is 2.59 bits per heavy atom. The van der Waals surface area contributed by atoms with Gasteiger partial charge in [0.15, 0.2) is 0 Å². The first kappa shape index (κ1) is 19.7. The molecule has 1 heterocycles. The standard InChI is InChI=1S/C18H19N3O6/c1-4-27-17(23)13-7-6-12(21-9-5-8-19-21)10-14(13)20-15(18(24)26-3)11-16(22)25-2/h5-11,20H,4H2,1-3H3/b15-11+. The van der Waals surface area contributed by atoms with Crippen LogP contribution < -0.4 is 5.32 Å². The molecule has 0 spiro atoms. The molecular formula is C18H19N3O6. The summed E-state index contributed by atoms with van der Waals surface area (Å²) in [7, 11) is 2.34. The molecule has 0 unspecified atom stereocenters. The minimum absolute atomic E-state index is 0.174. The molecule has 0 saturated carbocycles. The summed E-state index contributed by atoms with van der Waals surface area (Å²) < 4.78 is 15.8. The van der Waals surface area contributed by atoms with Gasteiger partial charge in [0.05, 0.1) is 43.8 Å². The van der Waals surface area contributed by atoms with Gasteiger partial charge in [-0.25, -0.2) is 19.1 Å². The summed E-state index contributed by atoms with van der Waals surface area (Å²) >= 11 is 0. The van der Waals surface area contributed by atoms with E-state index in [1.807, 2.05) is 0 Å². The van der Waals surface area contributed by atoms with Gasteiger partial charge in [-0.1, -0.05) is 0 Å². The Kier molecular flexibility index (Phi) is 6.70. The first-order chi connectivity index (χ1) is 13.0. The Morgan fingerprint density at radius 1 is 1.22 bits per heavy atom. The van der Waals surface area contributed by atoms with E-state index in [-0.39, 0.29) is 23.6 Å². The van der Waals surface area contributed by atoms with Crippen LogP contribution >= 0.6 is 0 Å². The lowest BCUT2D eigenvalue weighted by Crippen LogP contribution is -2.18. The average molecular weight is 373 g/mol. The molecule has 9 heteroatoms. The fourth-order valence-corrected chi connectivity index (χ4v) is 2.16. The third kappa shape index (κ3) is 4.94. The predicted molar refractivity (Wildman–Crippen MR) is 95.3 cm³/mol. The number of ether oxygens (including phenoxy) is 3. The number of aromatic nitrogens is 2. The summed E-state index contributed by atoms with van der Waals surface area (Å²) in [6.07, 6.45) is 4.25. The summed E-state index contributed by atoms with van der Waals surface area (Å²) in [6, 6.07) is 6.54. The smallest absolute Gasteiger partial charge is 0.354 e. The van der Waals surface area contributed by atoms with Crippen LogP contribution in [0.1, 0.15) is 17.3 Å². The fraction of sp³-hybridized carbons (Fsp3) is 0.222. The SMILES string of the molecule is CCOC(=O)c1ccc(-n2cccn2)cc1N/C(=C/C(=O)OC)C(=O)OC. The quantitative estimate of drug-likeness (QED) is 0.444. The molecule has 1 N–H and O–H groups in total. The second kappa shape index (κ2) is 9.18. The lowest BCUT2D eigenvalue weighted by Gasteiger charge is -2.14. The number of hydrogen-bond donors (Lipinski definition) is 1. The minimum Gasteiger partial charge on any atom is -0.466 e. The number of carbonyl (C=O) groups excluding carboxylic acids is 3. The molecule has 0 radical (unpaired) electrons. The molecule has 1 aromatic carbocycles. The van der Waals surface area contributed by atoms with Crippen molar-refractivity contribution in [2.45, 2.75) is 6.92 Å². The Balaban J connectivity index is 2.50. The van der Waals surface area contributed by atoms with Gasteiger partial charge >= 0.3 is 17.9 Å². The number of nitrogens with one attached hydrogen (secondary N) is 1. The van der Waals surface area contributed by atoms with Crippen molar-refractivity contribution in [2.24, 2.45) is 0 Å². The molecule has 27 heavy (non-hydrogen) atoms. The highest BCUT2D eigenvalue weighted by molar-refractivity contribution is 6.02. The molecule has 0 aliphatic heterocycles. The van der Waals surface area contributed by atoms with Gasteiger partial charge in [-0.05, 0) is 31.2 Å². The summed E-state index contributed by atoms with van der Waals surface area (Å²) in [5.41, 5.74) is 0.833. The first-order valence-corrected chi connectivity index (χ1v) is 7.96. The van der Waals surface area contributed by atoms with Gasteiger partial charge in [-0.3, -0.25) is 0 Å². The van der Waals surface area contributed by atoms with Crippen LogP contribution in [0.5, 0.6) is 0 Å². The Hall–Kier alpha value is -3.62. The molecule has 2 rings (SSSR count). The maximum atomic E-state index is 12.3. The van der Waals surface area contributed by atoms with Crippen LogP contribution in [0, 0.1) is 0 Å². The molecule has 0 aliphatic rings. The van der Waals surface area contributed by atoms with Gasteiger partial charge in [-0.15, -0.1) is 0 Å². The van der Waals surface area contributed by atoms with Crippen molar-refractivity contribution in [3.05, 3.63) is 54.0 Å². The third-order valence-electron chi connectivity index (χ3n) is 3.41. The van der Waals surface area contributed by atoms with E-state index in [1.54, 1.807) is 42.2 Å². The van der Waals surface area contributed by atoms with Crippen molar-refractivity contribution in [1.82, 2.24) is 9.78 Å². The molecule has 0 atom stereocenters. The molecule has 0 fully saturated rings. The third-order valence-corrected chi connectivity index (χ3v) is 3.41. The molecular weight excluding hydrogens is 354 g/mol. The number of nitrogens with zero attached hydrogens (tertiary/aromatic N) is 2. The van der Waals surface area contributed by atoms with Gasteiger partial charge in [-0.2, -0.15) is 5.10 Å². The highest BCUT2D eigenvalue weighted by Gasteiger charge is 2.19. The largest absolute Gasteiger partial charge is 0.466 e. The van der Waals surface area contributed by atoms with E-state index in [4.69, 9.17) is 4.74 Å². The van der Waals surface area contributed by atoms with Crippen molar-refractivity contribution in [3.8, 4) is 5.69 Å². The van der Waals surface area contributed by atoms with Crippen LogP contribution in [0.3, 0.4) is 0 Å². The van der Waals surface area contributed by atoms with Crippen LogP contribution in [0.2, 0.25) is 0 Å². The zero-order valence-corrected chi connectivity index (χ0v) is 15.1. The number of esters is 3. The highest BCUT2D eigenvalue weighted by atomic mass is 16.5. The van der Waals surface area contributed by atoms with Crippen molar-refractivity contribution in [1.29, 1.82) is 0 Å². The van der Waals surface area contributed by atoms with Gasteiger partial charge in [0, 0.05) is 12.4 Å². The first-order valence-electron chi connectivity index (χ1n) is 7.96. The van der Waals surface area contributed by atoms with Gasteiger partial charge in [0.1, 0.15) is 5.70 Å². The topological polar surface area (TPSA) is 109 Å². The van der Waals surface area contributed by atoms with E-state index >= 15 is 0 Å². The highest BCUT2D eigenvalue weighted by Crippen LogP contribution is 2.23. The zero-order valence-electron chi connectivity index (χ0n) is 15.1. The normalized spacial score (nSPS) is 10.9. The maximum absolute atomic E-state index is 12.3. The van der Waals surface area contributed by atoms with Crippen molar-refractivity contribution < 1.29 is 28.6 Å². The van der Waals surface area contributed by atoms with E-state index in [1.165, 1.54) is 20.3 Å². The number of hydrogen-bond acceptors (Lipinski definition) is 8. The van der Waals surface area contributed by atoms with Crippen LogP contribution in [0.25, 0.3) is 5.69 Å². The molecule has 0 bridgehead atoms. The van der Waals surface area contributed by atoms with Gasteiger partial charge in [0.2, 0.25) is 0 Å². The van der Waals surface area contributed by atoms with Crippen molar-refractivity contribution in [3.63, 3.8) is 0 Å². The summed E-state index contributed by atoms with van der Waals surface area (Å²) in [4.78, 5) is 35.8. The second-order valence-electron chi connectivity index (χ2n) is 5.10. The maximum Gasteiger partial charge on any atom is 0.354 e. The van der Waals surface area contributed by atoms with Gasteiger partial charge < -0.3 is 19.5 Å². The number of carbonyl (C=O) groups is 3. The van der Waals surface area contributed by atoms with E-state index in [9.17, 15) is 14.4 Å². The molecule has 2 aromatic rings. The fourth-order valence-electron chi connectivity index (χ4n) is 2.16. The second-order valence-corrected chi connectivity index (χ2v) is 5.10.